The Morgan fingerprint density at radius 3 is 2.60 bits per heavy atom. The third kappa shape index (κ3) is 3.42. The number of hydrogen-bond acceptors (Lipinski definition) is 5. The second-order valence-corrected chi connectivity index (χ2v) is 7.93. The van der Waals surface area contributed by atoms with Gasteiger partial charge in [0.15, 0.2) is 5.06 Å². The van der Waals surface area contributed by atoms with Crippen LogP contribution >= 0.6 is 11.3 Å². The number of nitrogens with one attached hydrogen (secondary N) is 1. The number of benzene rings is 2. The van der Waals surface area contributed by atoms with Gasteiger partial charge < -0.3 is 10.1 Å². The van der Waals surface area contributed by atoms with Gasteiger partial charge in [-0.1, -0.05) is 29.5 Å². The molecule has 0 saturated heterocycles. The Kier molecular flexibility index (Phi) is 3.81. The van der Waals surface area contributed by atoms with Crippen molar-refractivity contribution in [2.45, 2.75) is 26.4 Å². The number of para-hydroxylation sites is 1. The minimum absolute atomic E-state index is 0.217. The van der Waals surface area contributed by atoms with Gasteiger partial charge in [0.05, 0.1) is 5.52 Å². The first kappa shape index (κ1) is 15.8. The summed E-state index contributed by atoms with van der Waals surface area (Å²) in [7, 11) is 0. The first-order valence-corrected chi connectivity index (χ1v) is 9.00. The first-order chi connectivity index (χ1) is 12.0. The second kappa shape index (κ2) is 6.01. The summed E-state index contributed by atoms with van der Waals surface area (Å²) in [5, 5.41) is 6.28. The maximum absolute atomic E-state index is 6.02. The Hall–Kier alpha value is -2.66. The average molecular weight is 349 g/mol. The number of aromatic nitrogens is 2. The minimum atomic E-state index is -0.217. The Bertz CT molecular complexity index is 1040. The highest BCUT2D eigenvalue weighted by Crippen LogP contribution is 2.37. The van der Waals surface area contributed by atoms with E-state index in [-0.39, 0.29) is 5.60 Å². The van der Waals surface area contributed by atoms with Gasteiger partial charge in [0, 0.05) is 33.4 Å². The normalized spacial score (nSPS) is 11.8. The van der Waals surface area contributed by atoms with Crippen LogP contribution in [0.25, 0.3) is 21.0 Å². The fourth-order valence-corrected chi connectivity index (χ4v) is 3.73. The molecule has 0 fully saturated rings. The van der Waals surface area contributed by atoms with Crippen molar-refractivity contribution in [3.05, 3.63) is 54.7 Å². The highest BCUT2D eigenvalue weighted by Gasteiger charge is 2.15. The van der Waals surface area contributed by atoms with Crippen molar-refractivity contribution in [1.82, 2.24) is 9.97 Å². The van der Waals surface area contributed by atoms with Crippen molar-refractivity contribution in [3.63, 3.8) is 0 Å². The van der Waals surface area contributed by atoms with Crippen molar-refractivity contribution in [1.29, 1.82) is 0 Å². The van der Waals surface area contributed by atoms with Gasteiger partial charge in [-0.3, -0.25) is 0 Å². The fourth-order valence-electron chi connectivity index (χ4n) is 2.65. The second-order valence-electron chi connectivity index (χ2n) is 6.88. The molecule has 1 N–H and O–H groups in total. The predicted octanol–water partition coefficient (Wildman–Crippen LogP) is 5.77. The van der Waals surface area contributed by atoms with E-state index in [1.165, 1.54) is 0 Å². The lowest BCUT2D eigenvalue weighted by atomic mass is 10.2. The molecule has 4 rings (SSSR count). The van der Waals surface area contributed by atoms with Crippen LogP contribution in [0, 0.1) is 0 Å². The lowest BCUT2D eigenvalue weighted by molar-refractivity contribution is 0.136. The van der Waals surface area contributed by atoms with Gasteiger partial charge in [0.2, 0.25) is 5.95 Å². The van der Waals surface area contributed by atoms with Crippen LogP contribution < -0.4 is 10.1 Å². The molecular formula is C20H19N3OS. The lowest BCUT2D eigenvalue weighted by Gasteiger charge is -2.19. The predicted molar refractivity (Wildman–Crippen MR) is 105 cm³/mol. The molecule has 4 aromatic rings. The molecule has 126 valence electrons. The zero-order chi connectivity index (χ0) is 17.4. The number of nitrogens with zero attached hydrogens (tertiary/aromatic N) is 2. The van der Waals surface area contributed by atoms with E-state index in [0.717, 1.165) is 31.7 Å². The Balaban J connectivity index is 1.78. The van der Waals surface area contributed by atoms with Crippen LogP contribution in [0.15, 0.2) is 54.7 Å². The first-order valence-electron chi connectivity index (χ1n) is 8.18. The average Bonchev–Trinajstić information content (AvgIpc) is 2.96. The summed E-state index contributed by atoms with van der Waals surface area (Å²) in [5.74, 6) is 0.593. The third-order valence-corrected chi connectivity index (χ3v) is 4.64. The van der Waals surface area contributed by atoms with Gasteiger partial charge in [-0.15, -0.1) is 0 Å². The summed E-state index contributed by atoms with van der Waals surface area (Å²) in [5.41, 5.74) is 1.69. The number of ether oxygens (including phenoxy) is 1. The molecule has 0 bridgehead atoms. The molecule has 2 aromatic carbocycles. The largest absolute Gasteiger partial charge is 0.479 e. The van der Waals surface area contributed by atoms with E-state index < -0.39 is 0 Å². The molecule has 0 aliphatic carbocycles. The summed E-state index contributed by atoms with van der Waals surface area (Å²) in [4.78, 5) is 9.16. The molecule has 0 saturated carbocycles. The van der Waals surface area contributed by atoms with E-state index in [1.54, 1.807) is 11.3 Å². The minimum Gasteiger partial charge on any atom is -0.479 e. The molecule has 4 nitrogen and oxygen atoms in total. The van der Waals surface area contributed by atoms with E-state index in [2.05, 4.69) is 49.3 Å². The van der Waals surface area contributed by atoms with E-state index in [0.29, 0.717) is 5.95 Å². The molecule has 0 aliphatic rings. The standard InChI is InChI=1S/C20H19N3OS/c1-20(2,3)24-17-11-15-16(25-17)10-9-13-12-21-19(23-18(13)15)22-14-7-5-4-6-8-14/h4-12H,1-3H3,(H,21,22,23). The van der Waals surface area contributed by atoms with E-state index >= 15 is 0 Å². The van der Waals surface area contributed by atoms with Crippen molar-refractivity contribution in [2.75, 3.05) is 5.32 Å². The van der Waals surface area contributed by atoms with Gasteiger partial charge in [0.1, 0.15) is 5.60 Å². The topological polar surface area (TPSA) is 47.0 Å². The molecule has 0 spiro atoms. The van der Waals surface area contributed by atoms with Crippen LogP contribution in [-0.2, 0) is 0 Å². The quantitative estimate of drug-likeness (QED) is 0.510. The number of thiophene rings is 1. The van der Waals surface area contributed by atoms with E-state index in [9.17, 15) is 0 Å². The Morgan fingerprint density at radius 1 is 1.04 bits per heavy atom. The molecule has 0 radical (unpaired) electrons. The zero-order valence-corrected chi connectivity index (χ0v) is 15.2. The molecule has 0 unspecified atom stereocenters. The molecule has 25 heavy (non-hydrogen) atoms. The molecular weight excluding hydrogens is 330 g/mol. The van der Waals surface area contributed by atoms with Crippen molar-refractivity contribution < 1.29 is 4.74 Å². The smallest absolute Gasteiger partial charge is 0.227 e. The van der Waals surface area contributed by atoms with Crippen molar-refractivity contribution in [2.24, 2.45) is 0 Å². The molecule has 0 aliphatic heterocycles. The van der Waals surface area contributed by atoms with Crippen molar-refractivity contribution in [3.8, 4) is 5.06 Å². The van der Waals surface area contributed by atoms with Gasteiger partial charge >= 0.3 is 0 Å². The maximum Gasteiger partial charge on any atom is 0.227 e. The fraction of sp³-hybridized carbons (Fsp3) is 0.200. The number of rotatable bonds is 3. The van der Waals surface area contributed by atoms with Crippen LogP contribution in [-0.4, -0.2) is 15.6 Å². The SMILES string of the molecule is CC(C)(C)Oc1cc2c(ccc3cnc(Nc4ccccc4)nc32)s1. The summed E-state index contributed by atoms with van der Waals surface area (Å²) in [6.45, 7) is 6.17. The lowest BCUT2D eigenvalue weighted by Crippen LogP contribution is -2.22. The highest BCUT2D eigenvalue weighted by molar-refractivity contribution is 7.20. The van der Waals surface area contributed by atoms with Gasteiger partial charge in [0.25, 0.3) is 0 Å². The van der Waals surface area contributed by atoms with Crippen LogP contribution in [0.2, 0.25) is 0 Å². The summed E-state index contributed by atoms with van der Waals surface area (Å²) >= 11 is 1.65. The monoisotopic (exact) mass is 349 g/mol. The van der Waals surface area contributed by atoms with Crippen molar-refractivity contribution >= 4 is 44.0 Å². The van der Waals surface area contributed by atoms with Crippen LogP contribution in [0.3, 0.4) is 0 Å². The maximum atomic E-state index is 6.02. The van der Waals surface area contributed by atoms with Crippen LogP contribution in [0.4, 0.5) is 11.6 Å². The summed E-state index contributed by atoms with van der Waals surface area (Å²) in [6.07, 6.45) is 1.86. The van der Waals surface area contributed by atoms with E-state index in [4.69, 9.17) is 9.72 Å². The Labute approximate surface area is 150 Å². The molecule has 2 aromatic heterocycles. The molecule has 5 heteroatoms. The van der Waals surface area contributed by atoms with Gasteiger partial charge in [-0.05, 0) is 45.0 Å². The van der Waals surface area contributed by atoms with Crippen LogP contribution in [0.5, 0.6) is 5.06 Å². The van der Waals surface area contributed by atoms with E-state index in [1.807, 2.05) is 36.5 Å². The Morgan fingerprint density at radius 2 is 1.84 bits per heavy atom. The van der Waals surface area contributed by atoms with Gasteiger partial charge in [-0.25, -0.2) is 9.97 Å². The number of fused-ring (bicyclic) bond motifs is 3. The zero-order valence-electron chi connectivity index (χ0n) is 14.4. The number of hydrogen-bond donors (Lipinski definition) is 1. The number of anilines is 2. The third-order valence-electron chi connectivity index (χ3n) is 3.66. The molecule has 0 atom stereocenters. The van der Waals surface area contributed by atoms with Gasteiger partial charge in [-0.2, -0.15) is 0 Å². The molecule has 0 amide bonds. The van der Waals surface area contributed by atoms with Crippen LogP contribution in [0.1, 0.15) is 20.8 Å². The summed E-state index contributed by atoms with van der Waals surface area (Å²) < 4.78 is 7.18. The highest BCUT2D eigenvalue weighted by atomic mass is 32.1. The molecule has 2 heterocycles. The summed E-state index contributed by atoms with van der Waals surface area (Å²) in [6, 6.07) is 16.2.